The number of hydrogen-bond donors (Lipinski definition) is 1. The molecule has 0 saturated heterocycles. The third kappa shape index (κ3) is 1.83. The number of benzene rings is 1. The maximum atomic E-state index is 11.3. The number of aromatic nitrogens is 4. The molecule has 1 amide bonds. The van der Waals surface area contributed by atoms with Crippen LogP contribution in [0.5, 0.6) is 0 Å². The SMILES string of the molecule is NC(=O)C(c1ccccc1)n1ncnn1. The van der Waals surface area contributed by atoms with Gasteiger partial charge in [-0.15, -0.1) is 15.0 Å². The highest BCUT2D eigenvalue weighted by Crippen LogP contribution is 2.14. The molecule has 2 N–H and O–H groups in total. The maximum Gasteiger partial charge on any atom is 0.248 e. The van der Waals surface area contributed by atoms with Gasteiger partial charge in [-0.1, -0.05) is 30.3 Å². The summed E-state index contributed by atoms with van der Waals surface area (Å²) in [5.41, 5.74) is 6.03. The van der Waals surface area contributed by atoms with Crippen LogP contribution in [-0.4, -0.2) is 26.1 Å². The fraction of sp³-hybridized carbons (Fsp3) is 0.111. The lowest BCUT2D eigenvalue weighted by Gasteiger charge is -2.11. The van der Waals surface area contributed by atoms with E-state index in [1.807, 2.05) is 18.2 Å². The molecule has 2 rings (SSSR count). The number of nitrogens with zero attached hydrogens (tertiary/aromatic N) is 4. The summed E-state index contributed by atoms with van der Waals surface area (Å²) in [7, 11) is 0. The second kappa shape index (κ2) is 3.87. The van der Waals surface area contributed by atoms with E-state index >= 15 is 0 Å². The van der Waals surface area contributed by atoms with Crippen molar-refractivity contribution in [2.45, 2.75) is 6.04 Å². The second-order valence-corrected chi connectivity index (χ2v) is 2.97. The average molecular weight is 203 g/mol. The van der Waals surface area contributed by atoms with Gasteiger partial charge in [0.2, 0.25) is 5.91 Å². The minimum Gasteiger partial charge on any atom is -0.367 e. The van der Waals surface area contributed by atoms with Gasteiger partial charge in [-0.3, -0.25) is 4.79 Å². The molecule has 0 aliphatic rings. The topological polar surface area (TPSA) is 86.7 Å². The molecule has 0 radical (unpaired) electrons. The lowest BCUT2D eigenvalue weighted by molar-refractivity contribution is -0.120. The summed E-state index contributed by atoms with van der Waals surface area (Å²) < 4.78 is 0. The minimum atomic E-state index is -0.700. The number of rotatable bonds is 3. The summed E-state index contributed by atoms with van der Waals surface area (Å²) in [6.07, 6.45) is 1.26. The Kier molecular flexibility index (Phi) is 2.40. The highest BCUT2D eigenvalue weighted by Gasteiger charge is 2.21. The van der Waals surface area contributed by atoms with Crippen molar-refractivity contribution in [2.24, 2.45) is 5.73 Å². The first-order chi connectivity index (χ1) is 7.29. The molecule has 0 spiro atoms. The van der Waals surface area contributed by atoms with E-state index in [9.17, 15) is 4.79 Å². The number of amides is 1. The van der Waals surface area contributed by atoms with E-state index in [1.165, 1.54) is 11.1 Å². The van der Waals surface area contributed by atoms with Gasteiger partial charge in [0.1, 0.15) is 0 Å². The van der Waals surface area contributed by atoms with Crippen molar-refractivity contribution in [3.8, 4) is 0 Å². The summed E-state index contributed by atoms with van der Waals surface area (Å²) >= 11 is 0. The Hall–Kier alpha value is -2.24. The maximum absolute atomic E-state index is 11.3. The van der Waals surface area contributed by atoms with Gasteiger partial charge in [0, 0.05) is 0 Å². The first-order valence-corrected chi connectivity index (χ1v) is 4.36. The number of hydrogen-bond acceptors (Lipinski definition) is 4. The van der Waals surface area contributed by atoms with Crippen LogP contribution in [0.4, 0.5) is 0 Å². The Bertz CT molecular complexity index is 439. The highest BCUT2D eigenvalue weighted by atomic mass is 16.1. The van der Waals surface area contributed by atoms with Gasteiger partial charge >= 0.3 is 0 Å². The summed E-state index contributed by atoms with van der Waals surface area (Å²) in [5, 5.41) is 11.0. The number of nitrogens with two attached hydrogens (primary N) is 1. The summed E-state index contributed by atoms with van der Waals surface area (Å²) in [6.45, 7) is 0. The average Bonchev–Trinajstić information content (AvgIpc) is 2.72. The molecule has 0 fully saturated rings. The lowest BCUT2D eigenvalue weighted by atomic mass is 10.1. The fourth-order valence-electron chi connectivity index (χ4n) is 1.34. The lowest BCUT2D eigenvalue weighted by Crippen LogP contribution is -2.29. The van der Waals surface area contributed by atoms with Crippen molar-refractivity contribution in [2.75, 3.05) is 0 Å². The fourth-order valence-corrected chi connectivity index (χ4v) is 1.34. The van der Waals surface area contributed by atoms with Gasteiger partial charge in [0.25, 0.3) is 0 Å². The quantitative estimate of drug-likeness (QED) is 0.745. The molecule has 1 heterocycles. The van der Waals surface area contributed by atoms with E-state index in [-0.39, 0.29) is 0 Å². The molecule has 0 aliphatic heterocycles. The van der Waals surface area contributed by atoms with Crippen LogP contribution < -0.4 is 5.73 Å². The molecule has 0 aliphatic carbocycles. The second-order valence-electron chi connectivity index (χ2n) is 2.97. The monoisotopic (exact) mass is 203 g/mol. The Balaban J connectivity index is 2.42. The number of carbonyl (C=O) groups is 1. The van der Waals surface area contributed by atoms with Gasteiger partial charge in [-0.25, -0.2) is 0 Å². The normalized spacial score (nSPS) is 12.3. The Labute approximate surface area is 85.7 Å². The molecule has 2 aromatic rings. The van der Waals surface area contributed by atoms with Crippen molar-refractivity contribution in [3.63, 3.8) is 0 Å². The first-order valence-electron chi connectivity index (χ1n) is 4.36. The van der Waals surface area contributed by atoms with Crippen LogP contribution in [0, 0.1) is 0 Å². The minimum absolute atomic E-state index is 0.515. The van der Waals surface area contributed by atoms with Crippen LogP contribution in [0.2, 0.25) is 0 Å². The van der Waals surface area contributed by atoms with Gasteiger partial charge in [-0.2, -0.15) is 0 Å². The molecular formula is C9H9N5O. The van der Waals surface area contributed by atoms with Crippen molar-refractivity contribution in [1.82, 2.24) is 20.2 Å². The Morgan fingerprint density at radius 3 is 2.60 bits per heavy atom. The van der Waals surface area contributed by atoms with Crippen molar-refractivity contribution in [1.29, 1.82) is 0 Å². The van der Waals surface area contributed by atoms with Crippen LogP contribution in [0.15, 0.2) is 36.7 Å². The summed E-state index contributed by atoms with van der Waals surface area (Å²) in [5.74, 6) is -0.515. The zero-order valence-corrected chi connectivity index (χ0v) is 7.82. The van der Waals surface area contributed by atoms with E-state index < -0.39 is 11.9 Å². The first kappa shape index (κ1) is 9.32. The number of primary amides is 1. The number of tetrazole rings is 1. The van der Waals surface area contributed by atoms with E-state index in [1.54, 1.807) is 12.1 Å². The van der Waals surface area contributed by atoms with E-state index in [0.29, 0.717) is 0 Å². The molecule has 6 heteroatoms. The Morgan fingerprint density at radius 2 is 2.07 bits per heavy atom. The van der Waals surface area contributed by atoms with Crippen molar-refractivity contribution < 1.29 is 4.79 Å². The molecule has 0 bridgehead atoms. The molecule has 1 aromatic heterocycles. The molecule has 6 nitrogen and oxygen atoms in total. The molecule has 15 heavy (non-hydrogen) atoms. The molecule has 1 unspecified atom stereocenters. The van der Waals surface area contributed by atoms with Crippen LogP contribution in [-0.2, 0) is 4.79 Å². The van der Waals surface area contributed by atoms with Crippen LogP contribution in [0.25, 0.3) is 0 Å². The third-order valence-electron chi connectivity index (χ3n) is 1.98. The number of carbonyl (C=O) groups excluding carboxylic acids is 1. The van der Waals surface area contributed by atoms with Crippen LogP contribution >= 0.6 is 0 Å². The predicted molar refractivity (Wildman–Crippen MR) is 51.6 cm³/mol. The van der Waals surface area contributed by atoms with Crippen LogP contribution in [0.3, 0.4) is 0 Å². The largest absolute Gasteiger partial charge is 0.367 e. The third-order valence-corrected chi connectivity index (χ3v) is 1.98. The van der Waals surface area contributed by atoms with Crippen molar-refractivity contribution in [3.05, 3.63) is 42.2 Å². The molecule has 0 saturated carbocycles. The summed E-state index contributed by atoms with van der Waals surface area (Å²) in [4.78, 5) is 12.5. The summed E-state index contributed by atoms with van der Waals surface area (Å²) in [6, 6.07) is 8.38. The standard InChI is InChI=1S/C9H9N5O/c10-9(15)8(14-12-6-11-13-14)7-4-2-1-3-5-7/h1-6,8H,(H2,10,15). The molecule has 76 valence electrons. The molecular weight excluding hydrogens is 194 g/mol. The van der Waals surface area contributed by atoms with E-state index in [0.717, 1.165) is 5.56 Å². The van der Waals surface area contributed by atoms with E-state index in [2.05, 4.69) is 15.4 Å². The van der Waals surface area contributed by atoms with E-state index in [4.69, 9.17) is 5.73 Å². The zero-order valence-electron chi connectivity index (χ0n) is 7.82. The highest BCUT2D eigenvalue weighted by molar-refractivity contribution is 5.81. The van der Waals surface area contributed by atoms with Crippen LogP contribution in [0.1, 0.15) is 11.6 Å². The zero-order chi connectivity index (χ0) is 10.7. The molecule has 1 aromatic carbocycles. The van der Waals surface area contributed by atoms with Crippen molar-refractivity contribution >= 4 is 5.91 Å². The Morgan fingerprint density at radius 1 is 1.33 bits per heavy atom. The van der Waals surface area contributed by atoms with Gasteiger partial charge in [-0.05, 0) is 10.8 Å². The smallest absolute Gasteiger partial charge is 0.248 e. The molecule has 1 atom stereocenters. The van der Waals surface area contributed by atoms with Gasteiger partial charge in [0.05, 0.1) is 0 Å². The predicted octanol–water partition coefficient (Wildman–Crippen LogP) is -0.252. The van der Waals surface area contributed by atoms with Gasteiger partial charge in [0.15, 0.2) is 12.4 Å². The van der Waals surface area contributed by atoms with Gasteiger partial charge < -0.3 is 5.73 Å².